The van der Waals surface area contributed by atoms with Gasteiger partial charge in [0, 0.05) is 37.1 Å². The molecule has 2 aliphatic heterocycles. The second-order valence-corrected chi connectivity index (χ2v) is 7.63. The number of benzene rings is 2. The third-order valence-electron chi connectivity index (χ3n) is 5.08. The number of ether oxygens (including phenoxy) is 1. The summed E-state index contributed by atoms with van der Waals surface area (Å²) in [4.78, 5) is 28.5. The Morgan fingerprint density at radius 3 is 2.79 bits per heavy atom. The van der Waals surface area contributed by atoms with Crippen LogP contribution in [0.4, 0.5) is 11.5 Å². The van der Waals surface area contributed by atoms with Crippen LogP contribution < -0.4 is 15.0 Å². The van der Waals surface area contributed by atoms with Crippen LogP contribution in [0.25, 0.3) is 10.1 Å². The average Bonchev–Trinajstić information content (AvgIpc) is 3.17. The van der Waals surface area contributed by atoms with Gasteiger partial charge in [-0.25, -0.2) is 0 Å². The van der Waals surface area contributed by atoms with Crippen molar-refractivity contribution < 1.29 is 14.3 Å². The van der Waals surface area contributed by atoms with Crippen molar-refractivity contribution in [2.75, 3.05) is 43.0 Å². The second kappa shape index (κ2) is 6.79. The topological polar surface area (TPSA) is 74.8 Å². The van der Waals surface area contributed by atoms with E-state index < -0.39 is 0 Å². The predicted octanol–water partition coefficient (Wildman–Crippen LogP) is 2.59. The fourth-order valence-corrected chi connectivity index (χ4v) is 4.42. The van der Waals surface area contributed by atoms with Gasteiger partial charge in [0.1, 0.15) is 11.6 Å². The van der Waals surface area contributed by atoms with Crippen molar-refractivity contribution in [3.63, 3.8) is 0 Å². The molecule has 0 bridgehead atoms. The number of fused-ring (bicyclic) bond motifs is 2. The Morgan fingerprint density at radius 2 is 1.93 bits per heavy atom. The quantitative estimate of drug-likeness (QED) is 0.723. The van der Waals surface area contributed by atoms with E-state index in [1.807, 2.05) is 17.0 Å². The summed E-state index contributed by atoms with van der Waals surface area (Å²) < 4.78 is 11.1. The van der Waals surface area contributed by atoms with Crippen LogP contribution in [0.5, 0.6) is 5.75 Å². The molecule has 1 N–H and O–H groups in total. The fourth-order valence-electron chi connectivity index (χ4n) is 3.62. The fraction of sp³-hybridized carbons (Fsp3) is 0.250. The average molecular weight is 394 g/mol. The predicted molar refractivity (Wildman–Crippen MR) is 108 cm³/mol. The first-order chi connectivity index (χ1) is 13.7. The zero-order chi connectivity index (χ0) is 19.1. The maximum absolute atomic E-state index is 12.9. The lowest BCUT2D eigenvalue weighted by atomic mass is 10.1. The molecule has 142 valence electrons. The van der Waals surface area contributed by atoms with E-state index in [0.717, 1.165) is 24.3 Å². The van der Waals surface area contributed by atoms with Gasteiger partial charge in [-0.2, -0.15) is 4.37 Å². The van der Waals surface area contributed by atoms with Crippen molar-refractivity contribution >= 4 is 44.9 Å². The van der Waals surface area contributed by atoms with Crippen molar-refractivity contribution in [2.45, 2.75) is 0 Å². The molecule has 28 heavy (non-hydrogen) atoms. The van der Waals surface area contributed by atoms with Gasteiger partial charge in [0.2, 0.25) is 0 Å². The molecule has 2 amide bonds. The van der Waals surface area contributed by atoms with E-state index in [9.17, 15) is 9.59 Å². The highest BCUT2D eigenvalue weighted by Crippen LogP contribution is 2.31. The van der Waals surface area contributed by atoms with Crippen LogP contribution >= 0.6 is 11.5 Å². The summed E-state index contributed by atoms with van der Waals surface area (Å²) in [6.07, 6.45) is 0. The highest BCUT2D eigenvalue weighted by atomic mass is 32.1. The Labute approximate surface area is 165 Å². The summed E-state index contributed by atoms with van der Waals surface area (Å²) in [6, 6.07) is 13.4. The number of carbonyl (C=O) groups is 2. The SMILES string of the molecule is O=C1COc2ccc(C(=O)N3CCN(c4nsc5ccccc45)CC3)cc2N1. The molecule has 0 radical (unpaired) electrons. The third kappa shape index (κ3) is 2.95. The molecule has 2 aliphatic rings. The van der Waals surface area contributed by atoms with E-state index in [2.05, 4.69) is 26.7 Å². The molecule has 1 aromatic heterocycles. The Kier molecular flexibility index (Phi) is 4.12. The normalized spacial score (nSPS) is 16.5. The molecule has 0 saturated carbocycles. The molecule has 0 atom stereocenters. The van der Waals surface area contributed by atoms with Crippen LogP contribution in [0.3, 0.4) is 0 Å². The number of carbonyl (C=O) groups excluding carboxylic acids is 2. The van der Waals surface area contributed by atoms with Crippen LogP contribution in [0.15, 0.2) is 42.5 Å². The lowest BCUT2D eigenvalue weighted by molar-refractivity contribution is -0.118. The zero-order valence-corrected chi connectivity index (χ0v) is 15.9. The van der Waals surface area contributed by atoms with E-state index in [4.69, 9.17) is 4.74 Å². The molecule has 3 heterocycles. The molecule has 8 heteroatoms. The number of anilines is 2. The number of hydrogen-bond donors (Lipinski definition) is 1. The Morgan fingerprint density at radius 1 is 1.11 bits per heavy atom. The minimum absolute atomic E-state index is 0.00749. The Hall–Kier alpha value is -3.13. The van der Waals surface area contributed by atoms with Crippen LogP contribution in [0.1, 0.15) is 10.4 Å². The lowest BCUT2D eigenvalue weighted by Crippen LogP contribution is -2.49. The van der Waals surface area contributed by atoms with Crippen LogP contribution in [-0.4, -0.2) is 53.9 Å². The molecule has 1 fully saturated rings. The molecule has 2 aromatic carbocycles. The summed E-state index contributed by atoms with van der Waals surface area (Å²) in [6.45, 7) is 2.75. The van der Waals surface area contributed by atoms with Gasteiger partial charge >= 0.3 is 0 Å². The third-order valence-corrected chi connectivity index (χ3v) is 5.90. The molecule has 1 saturated heterocycles. The van der Waals surface area contributed by atoms with Gasteiger partial charge in [-0.3, -0.25) is 9.59 Å². The molecule has 0 aliphatic carbocycles. The number of amides is 2. The summed E-state index contributed by atoms with van der Waals surface area (Å²) in [7, 11) is 0. The van der Waals surface area contributed by atoms with Crippen molar-refractivity contribution in [2.24, 2.45) is 0 Å². The van der Waals surface area contributed by atoms with E-state index >= 15 is 0 Å². The van der Waals surface area contributed by atoms with E-state index in [1.165, 1.54) is 16.2 Å². The number of rotatable bonds is 2. The molecule has 3 aromatic rings. The summed E-state index contributed by atoms with van der Waals surface area (Å²) in [5.41, 5.74) is 1.10. The molecule has 7 nitrogen and oxygen atoms in total. The standard InChI is InChI=1S/C20H18N4O3S/c25-18-12-27-16-6-5-13(11-15(16)21-18)20(26)24-9-7-23(8-10-24)19-14-3-1-2-4-17(14)28-22-19/h1-6,11H,7-10,12H2,(H,21,25). The Balaban J connectivity index is 1.30. The smallest absolute Gasteiger partial charge is 0.262 e. The van der Waals surface area contributed by atoms with Gasteiger partial charge in [-0.15, -0.1) is 0 Å². The minimum atomic E-state index is -0.207. The van der Waals surface area contributed by atoms with Gasteiger partial charge in [-0.1, -0.05) is 12.1 Å². The highest BCUT2D eigenvalue weighted by molar-refractivity contribution is 7.13. The number of aromatic nitrogens is 1. The number of nitrogens with one attached hydrogen (secondary N) is 1. The lowest BCUT2D eigenvalue weighted by Gasteiger charge is -2.35. The largest absolute Gasteiger partial charge is 0.482 e. The maximum Gasteiger partial charge on any atom is 0.262 e. The zero-order valence-electron chi connectivity index (χ0n) is 15.1. The van der Waals surface area contributed by atoms with Gasteiger partial charge < -0.3 is 19.9 Å². The first-order valence-electron chi connectivity index (χ1n) is 9.14. The van der Waals surface area contributed by atoms with E-state index in [-0.39, 0.29) is 18.4 Å². The van der Waals surface area contributed by atoms with E-state index in [1.54, 1.807) is 18.2 Å². The number of nitrogens with zero attached hydrogens (tertiary/aromatic N) is 3. The van der Waals surface area contributed by atoms with Crippen LogP contribution in [0.2, 0.25) is 0 Å². The molecule has 5 rings (SSSR count). The van der Waals surface area contributed by atoms with Gasteiger partial charge in [0.05, 0.1) is 10.4 Å². The molecule has 0 spiro atoms. The first-order valence-corrected chi connectivity index (χ1v) is 9.92. The van der Waals surface area contributed by atoms with Crippen molar-refractivity contribution in [3.8, 4) is 5.75 Å². The van der Waals surface area contributed by atoms with E-state index in [0.29, 0.717) is 30.1 Å². The van der Waals surface area contributed by atoms with Gasteiger partial charge in [-0.05, 0) is 41.9 Å². The van der Waals surface area contributed by atoms with Gasteiger partial charge in [0.15, 0.2) is 6.61 Å². The molecular formula is C20H18N4O3S. The highest BCUT2D eigenvalue weighted by Gasteiger charge is 2.25. The second-order valence-electron chi connectivity index (χ2n) is 6.83. The summed E-state index contributed by atoms with van der Waals surface area (Å²) in [5.74, 6) is 1.35. The van der Waals surface area contributed by atoms with Crippen molar-refractivity contribution in [3.05, 3.63) is 48.0 Å². The number of piperazine rings is 1. The van der Waals surface area contributed by atoms with Crippen molar-refractivity contribution in [1.29, 1.82) is 0 Å². The summed E-state index contributed by atoms with van der Waals surface area (Å²) in [5, 5.41) is 3.92. The van der Waals surface area contributed by atoms with Crippen LogP contribution in [0, 0.1) is 0 Å². The summed E-state index contributed by atoms with van der Waals surface area (Å²) >= 11 is 1.51. The van der Waals surface area contributed by atoms with Crippen molar-refractivity contribution in [1.82, 2.24) is 9.27 Å². The number of hydrogen-bond acceptors (Lipinski definition) is 6. The Bertz CT molecular complexity index is 1070. The van der Waals surface area contributed by atoms with Gasteiger partial charge in [0.25, 0.3) is 11.8 Å². The first kappa shape index (κ1) is 17.0. The maximum atomic E-state index is 12.9. The molecule has 0 unspecified atom stereocenters. The van der Waals surface area contributed by atoms with Crippen LogP contribution in [-0.2, 0) is 4.79 Å². The minimum Gasteiger partial charge on any atom is -0.482 e. The monoisotopic (exact) mass is 394 g/mol. The molecular weight excluding hydrogens is 376 g/mol.